The average molecular weight is 492 g/mol. The highest BCUT2D eigenvalue weighted by Gasteiger charge is 2.15. The highest BCUT2D eigenvalue weighted by atomic mass is 32.2. The summed E-state index contributed by atoms with van der Waals surface area (Å²) < 4.78 is 36.0. The first kappa shape index (κ1) is 25.3. The third-order valence-corrected chi connectivity index (χ3v) is 5.80. The quantitative estimate of drug-likeness (QED) is 0.308. The van der Waals surface area contributed by atoms with Gasteiger partial charge in [-0.25, -0.2) is 4.68 Å². The Hall–Kier alpha value is -3.34. The van der Waals surface area contributed by atoms with Crippen molar-refractivity contribution in [1.29, 1.82) is 0 Å². The van der Waals surface area contributed by atoms with Crippen LogP contribution in [0.5, 0.6) is 11.5 Å². The van der Waals surface area contributed by atoms with Gasteiger partial charge in [-0.3, -0.25) is 4.79 Å². The van der Waals surface area contributed by atoms with Crippen LogP contribution in [0, 0.1) is 6.92 Å². The van der Waals surface area contributed by atoms with Crippen molar-refractivity contribution in [3.05, 3.63) is 65.0 Å². The molecular weight excluding hydrogens is 464 g/mol. The number of carbonyl (C=O) groups excluding carboxylic acids is 1. The number of alkyl halides is 2. The van der Waals surface area contributed by atoms with Crippen LogP contribution in [-0.4, -0.2) is 33.1 Å². The molecule has 0 aliphatic heterocycles. The minimum atomic E-state index is -2.88. The Bertz CT molecular complexity index is 1110. The Kier molecular flexibility index (Phi) is 8.69. The minimum absolute atomic E-state index is 0.0607. The number of aromatic nitrogens is 3. The molecule has 0 unspecified atom stereocenters. The molecule has 3 aromatic rings. The van der Waals surface area contributed by atoms with E-state index in [1.54, 1.807) is 12.1 Å². The second kappa shape index (κ2) is 11.7. The van der Waals surface area contributed by atoms with E-state index in [0.717, 1.165) is 34.2 Å². The van der Waals surface area contributed by atoms with Gasteiger partial charge in [0.05, 0.1) is 5.75 Å². The first-order chi connectivity index (χ1) is 16.2. The molecule has 2 aromatic carbocycles. The van der Waals surface area contributed by atoms with Gasteiger partial charge in [-0.15, -0.1) is 10.2 Å². The first-order valence-electron chi connectivity index (χ1n) is 10.6. The molecule has 3 N–H and O–H groups in total. The third kappa shape index (κ3) is 7.08. The molecule has 0 bridgehead atoms. The van der Waals surface area contributed by atoms with Crippen LogP contribution in [0.3, 0.4) is 0 Å². The summed E-state index contributed by atoms with van der Waals surface area (Å²) in [6.07, 6.45) is 0. The number of benzene rings is 2. The van der Waals surface area contributed by atoms with Crippen molar-refractivity contribution in [2.24, 2.45) is 0 Å². The lowest BCUT2D eigenvalue weighted by atomic mass is 10.0. The van der Waals surface area contributed by atoms with Crippen LogP contribution in [0.4, 0.5) is 8.78 Å². The number of carbonyl (C=O) groups is 1. The molecule has 0 saturated heterocycles. The highest BCUT2D eigenvalue weighted by Crippen LogP contribution is 2.28. The largest absolute Gasteiger partial charge is 0.485 e. The Morgan fingerprint density at radius 2 is 1.91 bits per heavy atom. The Morgan fingerprint density at radius 1 is 1.18 bits per heavy atom. The summed E-state index contributed by atoms with van der Waals surface area (Å²) in [6, 6.07) is 12.1. The molecule has 0 fully saturated rings. The van der Waals surface area contributed by atoms with Gasteiger partial charge in [0.1, 0.15) is 18.1 Å². The number of thioether (sulfide) groups is 1. The number of nitrogens with two attached hydrogens (primary N) is 1. The summed E-state index contributed by atoms with van der Waals surface area (Å²) in [5.41, 5.74) is 2.93. The van der Waals surface area contributed by atoms with E-state index in [9.17, 15) is 13.6 Å². The Labute approximate surface area is 200 Å². The van der Waals surface area contributed by atoms with Gasteiger partial charge < -0.3 is 20.6 Å². The van der Waals surface area contributed by atoms with E-state index >= 15 is 0 Å². The first-order valence-corrected chi connectivity index (χ1v) is 11.6. The summed E-state index contributed by atoms with van der Waals surface area (Å²) in [6.45, 7) is 3.71. The smallest absolute Gasteiger partial charge is 0.387 e. The van der Waals surface area contributed by atoms with Crippen LogP contribution < -0.4 is 20.6 Å². The molecule has 0 spiro atoms. The molecule has 3 rings (SSSR count). The van der Waals surface area contributed by atoms with E-state index < -0.39 is 6.61 Å². The predicted molar refractivity (Wildman–Crippen MR) is 125 cm³/mol. The van der Waals surface area contributed by atoms with Gasteiger partial charge in [0.15, 0.2) is 5.82 Å². The summed E-state index contributed by atoms with van der Waals surface area (Å²) in [5.74, 6) is 7.51. The number of nitrogen functional groups attached to an aromatic ring is 1. The molecular formula is C23H27F2N5O3S. The summed E-state index contributed by atoms with van der Waals surface area (Å²) in [4.78, 5) is 12.2. The van der Waals surface area contributed by atoms with Gasteiger partial charge in [0.2, 0.25) is 11.1 Å². The van der Waals surface area contributed by atoms with Crippen molar-refractivity contribution >= 4 is 17.7 Å². The summed E-state index contributed by atoms with van der Waals surface area (Å²) >= 11 is 1.15. The zero-order valence-electron chi connectivity index (χ0n) is 19.1. The van der Waals surface area contributed by atoms with Crippen LogP contribution in [0.1, 0.15) is 42.3 Å². The molecule has 0 aliphatic carbocycles. The summed E-state index contributed by atoms with van der Waals surface area (Å²) in [5, 5.41) is 11.3. The van der Waals surface area contributed by atoms with Gasteiger partial charge in [-0.1, -0.05) is 49.9 Å². The zero-order valence-corrected chi connectivity index (χ0v) is 19.9. The van der Waals surface area contributed by atoms with E-state index in [-0.39, 0.29) is 30.6 Å². The lowest BCUT2D eigenvalue weighted by Crippen LogP contribution is -2.25. The number of aryl methyl sites for hydroxylation is 1. The maximum absolute atomic E-state index is 12.2. The fraction of sp³-hybridized carbons (Fsp3) is 0.348. The zero-order chi connectivity index (χ0) is 24.7. The van der Waals surface area contributed by atoms with Gasteiger partial charge in [0.25, 0.3) is 0 Å². The number of ether oxygens (including phenoxy) is 2. The average Bonchev–Trinajstić information content (AvgIpc) is 3.14. The van der Waals surface area contributed by atoms with Crippen LogP contribution in [0.2, 0.25) is 0 Å². The highest BCUT2D eigenvalue weighted by molar-refractivity contribution is 7.99. The van der Waals surface area contributed by atoms with E-state index in [4.69, 9.17) is 10.6 Å². The van der Waals surface area contributed by atoms with Crippen molar-refractivity contribution in [1.82, 2.24) is 20.2 Å². The number of nitrogens with one attached hydrogen (secondary N) is 1. The number of amides is 1. The van der Waals surface area contributed by atoms with Crippen LogP contribution >= 0.6 is 11.8 Å². The molecule has 1 heterocycles. The normalized spacial score (nSPS) is 11.1. The molecule has 11 heteroatoms. The van der Waals surface area contributed by atoms with E-state index in [1.165, 1.54) is 16.8 Å². The monoisotopic (exact) mass is 491 g/mol. The maximum Gasteiger partial charge on any atom is 0.387 e. The number of halogens is 2. The number of nitrogens with zero attached hydrogens (tertiary/aromatic N) is 3. The molecule has 0 saturated carbocycles. The SMILES string of the molecule is Cc1ccc(C(C)C)c(OCc2nnc(SCC(=O)NCc3ccc(OC(F)F)cc3)n2N)c1. The molecule has 1 aromatic heterocycles. The van der Waals surface area contributed by atoms with Crippen LogP contribution in [0.15, 0.2) is 47.6 Å². The second-order valence-corrected chi connectivity index (χ2v) is 8.78. The van der Waals surface area contributed by atoms with E-state index in [1.807, 2.05) is 25.1 Å². The van der Waals surface area contributed by atoms with Crippen LogP contribution in [-0.2, 0) is 17.9 Å². The number of hydrogen-bond donors (Lipinski definition) is 2. The number of rotatable bonds is 11. The molecule has 34 heavy (non-hydrogen) atoms. The molecule has 0 aliphatic rings. The van der Waals surface area contributed by atoms with Gasteiger partial charge in [0, 0.05) is 6.54 Å². The third-order valence-electron chi connectivity index (χ3n) is 4.85. The Balaban J connectivity index is 1.49. The van der Waals surface area contributed by atoms with Crippen molar-refractivity contribution in [2.45, 2.75) is 51.6 Å². The molecule has 0 atom stereocenters. The van der Waals surface area contributed by atoms with E-state index in [0.29, 0.717) is 16.9 Å². The summed E-state index contributed by atoms with van der Waals surface area (Å²) in [7, 11) is 0. The van der Waals surface area contributed by atoms with Gasteiger partial charge in [-0.05, 0) is 47.7 Å². The van der Waals surface area contributed by atoms with Crippen molar-refractivity contribution < 1.29 is 23.0 Å². The van der Waals surface area contributed by atoms with Crippen LogP contribution in [0.25, 0.3) is 0 Å². The molecule has 1 amide bonds. The van der Waals surface area contributed by atoms with E-state index in [2.05, 4.69) is 34.1 Å². The van der Waals surface area contributed by atoms with Gasteiger partial charge >= 0.3 is 6.61 Å². The van der Waals surface area contributed by atoms with Crippen molar-refractivity contribution in [3.63, 3.8) is 0 Å². The molecule has 0 radical (unpaired) electrons. The predicted octanol–water partition coefficient (Wildman–Crippen LogP) is 4.01. The maximum atomic E-state index is 12.2. The topological polar surface area (TPSA) is 104 Å². The minimum Gasteiger partial charge on any atom is -0.485 e. The molecule has 8 nitrogen and oxygen atoms in total. The fourth-order valence-corrected chi connectivity index (χ4v) is 3.77. The molecule has 182 valence electrons. The Morgan fingerprint density at radius 3 is 2.59 bits per heavy atom. The standard InChI is InChI=1S/C23H27F2N5O3S/c1-14(2)18-9-4-15(3)10-19(18)32-12-20-28-29-23(30(20)26)34-13-21(31)27-11-16-5-7-17(8-6-16)33-22(24)25/h4-10,14,22H,11-13,26H2,1-3H3,(H,27,31). The van der Waals surface area contributed by atoms with Gasteiger partial charge in [-0.2, -0.15) is 8.78 Å². The lowest BCUT2D eigenvalue weighted by molar-refractivity contribution is -0.118. The van der Waals surface area contributed by atoms with Crippen molar-refractivity contribution in [3.8, 4) is 11.5 Å². The number of hydrogen-bond acceptors (Lipinski definition) is 7. The fourth-order valence-electron chi connectivity index (χ4n) is 3.06. The van der Waals surface area contributed by atoms with Crippen molar-refractivity contribution in [2.75, 3.05) is 11.6 Å². The second-order valence-electron chi connectivity index (χ2n) is 7.84. The lowest BCUT2D eigenvalue weighted by Gasteiger charge is -2.14.